The van der Waals surface area contributed by atoms with E-state index in [4.69, 9.17) is 9.47 Å². The topological polar surface area (TPSA) is 73.3 Å². The van der Waals surface area contributed by atoms with Crippen LogP contribution < -0.4 is 10.1 Å². The molecule has 0 aliphatic carbocycles. The van der Waals surface area contributed by atoms with Gasteiger partial charge in [-0.25, -0.2) is 14.8 Å². The van der Waals surface area contributed by atoms with Crippen molar-refractivity contribution in [1.82, 2.24) is 9.97 Å². The van der Waals surface area contributed by atoms with Gasteiger partial charge in [-0.2, -0.15) is 0 Å². The summed E-state index contributed by atoms with van der Waals surface area (Å²) in [5, 5.41) is 3.04. The van der Waals surface area contributed by atoms with Gasteiger partial charge in [0.2, 0.25) is 5.88 Å². The van der Waals surface area contributed by atoms with Crippen molar-refractivity contribution in [1.29, 1.82) is 0 Å². The van der Waals surface area contributed by atoms with Gasteiger partial charge in [-0.05, 0) is 26.8 Å². The minimum absolute atomic E-state index is 0.449. The lowest BCUT2D eigenvalue weighted by Gasteiger charge is -2.18. The molecular weight excluding hydrogens is 266 g/mol. The van der Waals surface area contributed by atoms with Crippen molar-refractivity contribution in [2.75, 3.05) is 12.4 Å². The van der Waals surface area contributed by atoms with E-state index in [-0.39, 0.29) is 0 Å². The molecule has 0 fully saturated rings. The molecule has 0 radical (unpaired) electrons. The van der Waals surface area contributed by atoms with Crippen molar-refractivity contribution in [3.8, 4) is 5.88 Å². The van der Waals surface area contributed by atoms with E-state index in [1.807, 2.05) is 0 Å². The predicted octanol–water partition coefficient (Wildman–Crippen LogP) is 3.05. The van der Waals surface area contributed by atoms with Crippen molar-refractivity contribution in [3.63, 3.8) is 0 Å². The molecule has 0 aliphatic rings. The first-order chi connectivity index (χ1) is 8.87. The van der Waals surface area contributed by atoms with Gasteiger partial charge in [-0.3, -0.25) is 5.32 Å². The summed E-state index contributed by atoms with van der Waals surface area (Å²) in [4.78, 5) is 20.8. The lowest BCUT2D eigenvalue weighted by Crippen LogP contribution is -2.27. The molecular formula is C12H15N3O3S. The lowest BCUT2D eigenvalue weighted by molar-refractivity contribution is 0.0636. The molecule has 0 unspecified atom stereocenters. The molecule has 6 nitrogen and oxygen atoms in total. The monoisotopic (exact) mass is 281 g/mol. The van der Waals surface area contributed by atoms with Crippen LogP contribution in [0.4, 0.5) is 9.93 Å². The van der Waals surface area contributed by atoms with E-state index in [1.54, 1.807) is 40.0 Å². The Balaban J connectivity index is 2.15. The van der Waals surface area contributed by atoms with Crippen LogP contribution in [0.3, 0.4) is 0 Å². The van der Waals surface area contributed by atoms with E-state index in [1.165, 1.54) is 11.3 Å². The van der Waals surface area contributed by atoms with Crippen LogP contribution in [0.25, 0.3) is 10.3 Å². The van der Waals surface area contributed by atoms with E-state index in [9.17, 15) is 4.79 Å². The molecule has 0 saturated heterocycles. The smallest absolute Gasteiger partial charge is 0.413 e. The van der Waals surface area contributed by atoms with Gasteiger partial charge in [-0.1, -0.05) is 11.3 Å². The van der Waals surface area contributed by atoms with Crippen LogP contribution in [0.1, 0.15) is 20.8 Å². The molecule has 2 aromatic heterocycles. The Morgan fingerprint density at radius 1 is 1.32 bits per heavy atom. The SMILES string of the molecule is COc1ccc2nc(NC(=O)OC(C)(C)C)sc2n1. The van der Waals surface area contributed by atoms with E-state index in [2.05, 4.69) is 15.3 Å². The number of fused-ring (bicyclic) bond motifs is 1. The third-order valence-electron chi connectivity index (χ3n) is 2.05. The highest BCUT2D eigenvalue weighted by Gasteiger charge is 2.17. The average Bonchev–Trinajstić information content (AvgIpc) is 2.66. The van der Waals surface area contributed by atoms with E-state index in [0.29, 0.717) is 21.4 Å². The Labute approximate surface area is 114 Å². The van der Waals surface area contributed by atoms with E-state index in [0.717, 1.165) is 0 Å². The molecule has 2 heterocycles. The number of aromatic nitrogens is 2. The summed E-state index contributed by atoms with van der Waals surface area (Å²) in [5.41, 5.74) is 0.166. The Morgan fingerprint density at radius 3 is 2.68 bits per heavy atom. The van der Waals surface area contributed by atoms with Gasteiger partial charge in [-0.15, -0.1) is 0 Å². The van der Waals surface area contributed by atoms with Gasteiger partial charge < -0.3 is 9.47 Å². The second-order valence-electron chi connectivity index (χ2n) is 4.82. The zero-order chi connectivity index (χ0) is 14.0. The number of nitrogens with one attached hydrogen (secondary N) is 1. The molecule has 7 heteroatoms. The zero-order valence-corrected chi connectivity index (χ0v) is 12.0. The third-order valence-corrected chi connectivity index (χ3v) is 2.93. The fourth-order valence-electron chi connectivity index (χ4n) is 1.36. The summed E-state index contributed by atoms with van der Waals surface area (Å²) in [6.45, 7) is 5.41. The van der Waals surface area contributed by atoms with Gasteiger partial charge in [0.1, 0.15) is 15.9 Å². The lowest BCUT2D eigenvalue weighted by atomic mass is 10.2. The Morgan fingerprint density at radius 2 is 2.05 bits per heavy atom. The minimum Gasteiger partial charge on any atom is -0.481 e. The summed E-state index contributed by atoms with van der Waals surface area (Å²) in [6, 6.07) is 3.51. The van der Waals surface area contributed by atoms with Crippen LogP contribution in [-0.2, 0) is 4.74 Å². The first-order valence-electron chi connectivity index (χ1n) is 5.69. The highest BCUT2D eigenvalue weighted by atomic mass is 32.1. The number of nitrogens with zero attached hydrogens (tertiary/aromatic N) is 2. The number of methoxy groups -OCH3 is 1. The number of amides is 1. The molecule has 19 heavy (non-hydrogen) atoms. The number of rotatable bonds is 2. The van der Waals surface area contributed by atoms with Gasteiger partial charge in [0.05, 0.1) is 7.11 Å². The Kier molecular flexibility index (Phi) is 3.57. The molecule has 0 bridgehead atoms. The summed E-state index contributed by atoms with van der Waals surface area (Å²) in [7, 11) is 1.55. The molecule has 0 saturated carbocycles. The van der Waals surface area contributed by atoms with Crippen LogP contribution in [-0.4, -0.2) is 28.8 Å². The minimum atomic E-state index is -0.539. The van der Waals surface area contributed by atoms with Crippen LogP contribution in [0.15, 0.2) is 12.1 Å². The number of pyridine rings is 1. The van der Waals surface area contributed by atoms with Crippen LogP contribution in [0, 0.1) is 0 Å². The number of ether oxygens (including phenoxy) is 2. The summed E-state index contributed by atoms with van der Waals surface area (Å²) in [6.07, 6.45) is -0.529. The predicted molar refractivity (Wildman–Crippen MR) is 73.8 cm³/mol. The fraction of sp³-hybridized carbons (Fsp3) is 0.417. The van der Waals surface area contributed by atoms with Crippen molar-refractivity contribution < 1.29 is 14.3 Å². The van der Waals surface area contributed by atoms with Crippen LogP contribution in [0.5, 0.6) is 5.88 Å². The maximum atomic E-state index is 11.6. The molecule has 1 amide bonds. The molecule has 0 atom stereocenters. The van der Waals surface area contributed by atoms with Gasteiger partial charge in [0.25, 0.3) is 0 Å². The number of anilines is 1. The summed E-state index contributed by atoms with van der Waals surface area (Å²) < 4.78 is 10.2. The summed E-state index contributed by atoms with van der Waals surface area (Å²) >= 11 is 1.27. The maximum Gasteiger partial charge on any atom is 0.413 e. The number of hydrogen-bond acceptors (Lipinski definition) is 6. The first-order valence-corrected chi connectivity index (χ1v) is 6.50. The number of thiazole rings is 1. The Hall–Kier alpha value is -1.89. The van der Waals surface area contributed by atoms with Crippen LogP contribution in [0.2, 0.25) is 0 Å². The van der Waals surface area contributed by atoms with E-state index < -0.39 is 11.7 Å². The molecule has 2 rings (SSSR count). The van der Waals surface area contributed by atoms with Gasteiger partial charge in [0, 0.05) is 6.07 Å². The average molecular weight is 281 g/mol. The van der Waals surface area contributed by atoms with Crippen molar-refractivity contribution >= 4 is 32.9 Å². The highest BCUT2D eigenvalue weighted by Crippen LogP contribution is 2.26. The molecule has 102 valence electrons. The van der Waals surface area contributed by atoms with Crippen molar-refractivity contribution in [2.45, 2.75) is 26.4 Å². The second kappa shape index (κ2) is 5.00. The molecule has 0 spiro atoms. The normalized spacial score (nSPS) is 11.4. The zero-order valence-electron chi connectivity index (χ0n) is 11.2. The number of carbonyl (C=O) groups is 1. The van der Waals surface area contributed by atoms with Gasteiger partial charge >= 0.3 is 6.09 Å². The third kappa shape index (κ3) is 3.54. The fourth-order valence-corrected chi connectivity index (χ4v) is 2.17. The van der Waals surface area contributed by atoms with Crippen LogP contribution >= 0.6 is 11.3 Å². The van der Waals surface area contributed by atoms with Gasteiger partial charge in [0.15, 0.2) is 5.13 Å². The van der Waals surface area contributed by atoms with Crippen molar-refractivity contribution in [3.05, 3.63) is 12.1 Å². The summed E-state index contributed by atoms with van der Waals surface area (Å²) in [5.74, 6) is 0.514. The Bertz CT molecular complexity index is 604. The number of hydrogen-bond donors (Lipinski definition) is 1. The van der Waals surface area contributed by atoms with E-state index >= 15 is 0 Å². The number of carbonyl (C=O) groups excluding carboxylic acids is 1. The molecule has 1 N–H and O–H groups in total. The highest BCUT2D eigenvalue weighted by molar-refractivity contribution is 7.21. The molecule has 0 aromatic carbocycles. The first kappa shape index (κ1) is 13.5. The maximum absolute atomic E-state index is 11.6. The molecule has 0 aliphatic heterocycles. The van der Waals surface area contributed by atoms with Crippen molar-refractivity contribution in [2.24, 2.45) is 0 Å². The largest absolute Gasteiger partial charge is 0.481 e. The quantitative estimate of drug-likeness (QED) is 0.915. The second-order valence-corrected chi connectivity index (χ2v) is 5.80. The standard InChI is InChI=1S/C12H15N3O3S/c1-12(2,3)18-11(16)15-10-13-7-5-6-8(17-4)14-9(7)19-10/h5-6H,1-4H3,(H,13,15,16). The molecule has 2 aromatic rings.